The van der Waals surface area contributed by atoms with Gasteiger partial charge in [0.2, 0.25) is 10.7 Å². The molecule has 1 aromatic heterocycles. The highest BCUT2D eigenvalue weighted by atomic mass is 79.9. The van der Waals surface area contributed by atoms with Gasteiger partial charge >= 0.3 is 0 Å². The minimum atomic E-state index is 0.238. The van der Waals surface area contributed by atoms with Crippen LogP contribution in [0.3, 0.4) is 0 Å². The standard InChI is InChI=1S/C13H9BrN4S/c14-10-4-3-7-5-9(2-1-8(7)6-10)11-16-12(15)18-13(19)17-11/h1-6H,(H3,15,16,17,18,19). The number of nitrogens with one attached hydrogen (secondary N) is 1. The van der Waals surface area contributed by atoms with Crippen LogP contribution < -0.4 is 5.73 Å². The van der Waals surface area contributed by atoms with Gasteiger partial charge in [-0.05, 0) is 41.2 Å². The molecule has 6 heteroatoms. The van der Waals surface area contributed by atoms with Gasteiger partial charge < -0.3 is 10.7 Å². The van der Waals surface area contributed by atoms with E-state index in [1.807, 2.05) is 30.3 Å². The average molecular weight is 333 g/mol. The molecule has 0 spiro atoms. The van der Waals surface area contributed by atoms with Crippen LogP contribution in [-0.2, 0) is 0 Å². The number of halogens is 1. The molecule has 0 atom stereocenters. The molecule has 0 bridgehead atoms. The summed E-state index contributed by atoms with van der Waals surface area (Å²) in [7, 11) is 0. The van der Waals surface area contributed by atoms with Gasteiger partial charge in [-0.1, -0.05) is 34.1 Å². The van der Waals surface area contributed by atoms with E-state index in [1.165, 1.54) is 0 Å². The number of anilines is 1. The molecule has 4 nitrogen and oxygen atoms in total. The smallest absolute Gasteiger partial charge is 0.224 e. The van der Waals surface area contributed by atoms with Crippen LogP contribution in [0.25, 0.3) is 22.2 Å². The second kappa shape index (κ2) is 4.71. The molecule has 0 fully saturated rings. The van der Waals surface area contributed by atoms with Crippen molar-refractivity contribution >= 4 is 44.9 Å². The normalized spacial score (nSPS) is 10.8. The van der Waals surface area contributed by atoms with Crippen LogP contribution in [0.1, 0.15) is 0 Å². The third kappa shape index (κ3) is 2.50. The number of nitrogens with zero attached hydrogens (tertiary/aromatic N) is 2. The summed E-state index contributed by atoms with van der Waals surface area (Å²) in [5.41, 5.74) is 6.58. The summed E-state index contributed by atoms with van der Waals surface area (Å²) in [6.45, 7) is 0. The maximum Gasteiger partial charge on any atom is 0.224 e. The highest BCUT2D eigenvalue weighted by molar-refractivity contribution is 9.10. The first-order valence-electron chi connectivity index (χ1n) is 5.55. The number of benzene rings is 2. The molecule has 0 aliphatic heterocycles. The summed E-state index contributed by atoms with van der Waals surface area (Å²) in [4.78, 5) is 11.0. The Morgan fingerprint density at radius 3 is 2.58 bits per heavy atom. The van der Waals surface area contributed by atoms with Gasteiger partial charge in [-0.2, -0.15) is 4.98 Å². The first-order chi connectivity index (χ1) is 9.11. The topological polar surface area (TPSA) is 67.6 Å². The van der Waals surface area contributed by atoms with Crippen molar-refractivity contribution in [1.82, 2.24) is 15.0 Å². The Labute approximate surface area is 122 Å². The van der Waals surface area contributed by atoms with E-state index in [1.54, 1.807) is 0 Å². The SMILES string of the molecule is Nc1nc(=S)nc(-c2ccc3cc(Br)ccc3c2)[nH]1. The molecule has 0 amide bonds. The summed E-state index contributed by atoms with van der Waals surface area (Å²) in [6.07, 6.45) is 0. The zero-order valence-corrected chi connectivity index (χ0v) is 12.1. The summed E-state index contributed by atoms with van der Waals surface area (Å²) >= 11 is 8.43. The van der Waals surface area contributed by atoms with Crippen LogP contribution in [0, 0.1) is 4.77 Å². The highest BCUT2D eigenvalue weighted by Crippen LogP contribution is 2.24. The monoisotopic (exact) mass is 332 g/mol. The van der Waals surface area contributed by atoms with Crippen molar-refractivity contribution in [2.45, 2.75) is 0 Å². The van der Waals surface area contributed by atoms with Crippen LogP contribution >= 0.6 is 28.1 Å². The van der Waals surface area contributed by atoms with Gasteiger partial charge in [-0.3, -0.25) is 0 Å². The summed E-state index contributed by atoms with van der Waals surface area (Å²) in [5.74, 6) is 0.897. The second-order valence-corrected chi connectivity index (χ2v) is 5.35. The molecule has 0 saturated carbocycles. The first kappa shape index (κ1) is 12.3. The third-order valence-corrected chi connectivity index (χ3v) is 3.42. The molecule has 0 saturated heterocycles. The van der Waals surface area contributed by atoms with Crippen molar-refractivity contribution in [1.29, 1.82) is 0 Å². The maximum absolute atomic E-state index is 5.65. The van der Waals surface area contributed by atoms with Crippen LogP contribution in [0.15, 0.2) is 40.9 Å². The highest BCUT2D eigenvalue weighted by Gasteiger charge is 2.03. The van der Waals surface area contributed by atoms with Gasteiger partial charge in [-0.25, -0.2) is 4.98 Å². The first-order valence-corrected chi connectivity index (χ1v) is 6.75. The number of nitrogen functional groups attached to an aromatic ring is 1. The minimum Gasteiger partial charge on any atom is -0.369 e. The number of nitrogens with two attached hydrogens (primary N) is 1. The van der Waals surface area contributed by atoms with Crippen molar-refractivity contribution in [3.63, 3.8) is 0 Å². The number of hydrogen-bond donors (Lipinski definition) is 2. The summed E-state index contributed by atoms with van der Waals surface area (Å²) in [5, 5.41) is 2.27. The molecule has 2 aromatic carbocycles. The van der Waals surface area contributed by atoms with E-state index >= 15 is 0 Å². The van der Waals surface area contributed by atoms with Gasteiger partial charge in [0.15, 0.2) is 0 Å². The van der Waals surface area contributed by atoms with E-state index in [-0.39, 0.29) is 10.7 Å². The van der Waals surface area contributed by atoms with Crippen molar-refractivity contribution in [3.05, 3.63) is 45.6 Å². The fourth-order valence-corrected chi connectivity index (χ4v) is 2.47. The zero-order chi connectivity index (χ0) is 13.4. The van der Waals surface area contributed by atoms with E-state index in [0.29, 0.717) is 5.82 Å². The Kier molecular flexibility index (Phi) is 3.04. The minimum absolute atomic E-state index is 0.238. The lowest BCUT2D eigenvalue weighted by Gasteiger charge is -2.04. The number of rotatable bonds is 1. The zero-order valence-electron chi connectivity index (χ0n) is 9.72. The second-order valence-electron chi connectivity index (χ2n) is 4.07. The van der Waals surface area contributed by atoms with E-state index in [4.69, 9.17) is 18.0 Å². The van der Waals surface area contributed by atoms with Crippen LogP contribution in [-0.4, -0.2) is 15.0 Å². The van der Waals surface area contributed by atoms with Crippen LogP contribution in [0.5, 0.6) is 0 Å². The number of hydrogen-bond acceptors (Lipinski definition) is 4. The molecule has 0 radical (unpaired) electrons. The molecule has 3 rings (SSSR count). The predicted octanol–water partition coefficient (Wildman–Crippen LogP) is 3.70. The van der Waals surface area contributed by atoms with Gasteiger partial charge in [0.1, 0.15) is 5.82 Å². The molecule has 0 aliphatic carbocycles. The molecule has 19 heavy (non-hydrogen) atoms. The van der Waals surface area contributed by atoms with Gasteiger partial charge in [0.05, 0.1) is 0 Å². The van der Waals surface area contributed by atoms with E-state index in [9.17, 15) is 0 Å². The molecule has 3 aromatic rings. The van der Waals surface area contributed by atoms with Gasteiger partial charge in [0.25, 0.3) is 0 Å². The molecular weight excluding hydrogens is 324 g/mol. The third-order valence-electron chi connectivity index (χ3n) is 2.75. The lowest BCUT2D eigenvalue weighted by Crippen LogP contribution is -1.99. The Hall–Kier alpha value is -1.79. The van der Waals surface area contributed by atoms with Gasteiger partial charge in [-0.15, -0.1) is 0 Å². The van der Waals surface area contributed by atoms with Crippen molar-refractivity contribution in [2.75, 3.05) is 5.73 Å². The fourth-order valence-electron chi connectivity index (χ4n) is 1.90. The number of fused-ring (bicyclic) bond motifs is 1. The lowest BCUT2D eigenvalue weighted by molar-refractivity contribution is 1.05. The van der Waals surface area contributed by atoms with E-state index in [0.717, 1.165) is 20.8 Å². The van der Waals surface area contributed by atoms with Crippen molar-refractivity contribution in [2.24, 2.45) is 0 Å². The summed E-state index contributed by atoms with van der Waals surface area (Å²) < 4.78 is 1.29. The Bertz CT molecular complexity index is 828. The summed E-state index contributed by atoms with van der Waals surface area (Å²) in [6, 6.07) is 12.2. The van der Waals surface area contributed by atoms with E-state index in [2.05, 4.69) is 36.9 Å². The number of H-pyrrole nitrogens is 1. The largest absolute Gasteiger partial charge is 0.369 e. The molecule has 3 N–H and O–H groups in total. The Balaban J connectivity index is 2.20. The van der Waals surface area contributed by atoms with Crippen molar-refractivity contribution < 1.29 is 0 Å². The molecule has 0 aliphatic rings. The van der Waals surface area contributed by atoms with Crippen LogP contribution in [0.2, 0.25) is 0 Å². The van der Waals surface area contributed by atoms with Crippen molar-refractivity contribution in [3.8, 4) is 11.4 Å². The van der Waals surface area contributed by atoms with Crippen LogP contribution in [0.4, 0.5) is 5.95 Å². The molecule has 94 valence electrons. The van der Waals surface area contributed by atoms with Gasteiger partial charge in [0, 0.05) is 10.0 Å². The lowest BCUT2D eigenvalue weighted by atomic mass is 10.1. The average Bonchev–Trinajstić information content (AvgIpc) is 2.37. The molecular formula is C13H9BrN4S. The maximum atomic E-state index is 5.65. The predicted molar refractivity (Wildman–Crippen MR) is 82.3 cm³/mol. The Morgan fingerprint density at radius 2 is 1.79 bits per heavy atom. The molecule has 1 heterocycles. The van der Waals surface area contributed by atoms with E-state index < -0.39 is 0 Å². The Morgan fingerprint density at radius 1 is 1.05 bits per heavy atom. The fraction of sp³-hybridized carbons (Fsp3) is 0. The quantitative estimate of drug-likeness (QED) is 0.667. The molecule has 0 unspecified atom stereocenters. The number of aromatic amines is 1. The number of aromatic nitrogens is 3.